The Bertz CT molecular complexity index is 468. The summed E-state index contributed by atoms with van der Waals surface area (Å²) >= 11 is 0. The minimum atomic E-state index is -0.125. The Balaban J connectivity index is 0.000000396. The number of benzene rings is 1. The molecule has 0 bridgehead atoms. The third kappa shape index (κ3) is 7.12. The van der Waals surface area contributed by atoms with Crippen molar-refractivity contribution in [2.24, 2.45) is 0 Å². The van der Waals surface area contributed by atoms with E-state index in [0.717, 1.165) is 5.69 Å². The summed E-state index contributed by atoms with van der Waals surface area (Å²) in [6.45, 7) is 4.85. The number of ketones is 1. The Morgan fingerprint density at radius 3 is 2.40 bits per heavy atom. The van der Waals surface area contributed by atoms with Crippen LogP contribution >= 0.6 is 0 Å². The minimum Gasteiger partial charge on any atom is -0.512 e. The molecule has 0 saturated heterocycles. The number of aliphatic hydroxyl groups is 1. The fourth-order valence-corrected chi connectivity index (χ4v) is 1.43. The Labute approximate surface area is 133 Å². The standard InChI is InChI=1S/C10H10N2.C5H8O2.Ir/c1-11-7-8-12(9-11)10-5-3-2-4-6-10;1-4(6)3-5(2)7;/h2-5,7-9H,1H3;3,6H,1-2H3;/q-2;;/b;4-3-;. The van der Waals surface area contributed by atoms with Crippen molar-refractivity contribution in [2.75, 3.05) is 11.9 Å². The Morgan fingerprint density at radius 1 is 1.35 bits per heavy atom. The van der Waals surface area contributed by atoms with E-state index in [1.54, 1.807) is 0 Å². The molecule has 0 unspecified atom stereocenters. The summed E-state index contributed by atoms with van der Waals surface area (Å²) in [6.07, 6.45) is 5.17. The molecule has 4 nitrogen and oxygen atoms in total. The smallest absolute Gasteiger partial charge is 0.155 e. The maximum Gasteiger partial charge on any atom is 0.155 e. The van der Waals surface area contributed by atoms with E-state index in [-0.39, 0.29) is 31.6 Å². The molecular formula is C15H18IrN2O2-2. The average Bonchev–Trinajstić information content (AvgIpc) is 2.76. The van der Waals surface area contributed by atoms with Gasteiger partial charge in [0.05, 0.1) is 5.76 Å². The summed E-state index contributed by atoms with van der Waals surface area (Å²) in [5, 5.41) is 8.36. The number of aliphatic hydroxyl groups excluding tert-OH is 1. The molecule has 2 rings (SSSR count). The zero-order valence-corrected chi connectivity index (χ0v) is 14.1. The molecule has 0 amide bonds. The molecule has 1 aliphatic heterocycles. The fourth-order valence-electron chi connectivity index (χ4n) is 1.43. The summed E-state index contributed by atoms with van der Waals surface area (Å²) in [4.78, 5) is 14.0. The van der Waals surface area contributed by atoms with Crippen LogP contribution in [0.1, 0.15) is 13.8 Å². The topological polar surface area (TPSA) is 43.8 Å². The first-order valence-corrected chi connectivity index (χ1v) is 5.87. The predicted molar refractivity (Wildman–Crippen MR) is 76.0 cm³/mol. The number of rotatable bonds is 2. The van der Waals surface area contributed by atoms with Crippen molar-refractivity contribution in [1.29, 1.82) is 0 Å². The molecule has 0 aliphatic carbocycles. The van der Waals surface area contributed by atoms with E-state index in [1.165, 1.54) is 19.9 Å². The first-order valence-electron chi connectivity index (χ1n) is 5.87. The van der Waals surface area contributed by atoms with Crippen LogP contribution in [0.4, 0.5) is 5.69 Å². The van der Waals surface area contributed by atoms with Gasteiger partial charge >= 0.3 is 0 Å². The number of carbonyl (C=O) groups excluding carboxylic acids is 1. The monoisotopic (exact) mass is 451 g/mol. The summed E-state index contributed by atoms with van der Waals surface area (Å²) in [6, 6.07) is 11.1. The van der Waals surface area contributed by atoms with Gasteiger partial charge in [-0.2, -0.15) is 37.0 Å². The fraction of sp³-hybridized carbons (Fsp3) is 0.200. The first-order chi connectivity index (χ1) is 8.99. The van der Waals surface area contributed by atoms with E-state index in [9.17, 15) is 4.79 Å². The number of hydrogen-bond donors (Lipinski definition) is 1. The van der Waals surface area contributed by atoms with Crippen LogP contribution in [0.25, 0.3) is 0 Å². The Hall–Kier alpha value is -1.58. The molecule has 5 heteroatoms. The quantitative estimate of drug-likeness (QED) is 0.428. The Kier molecular flexibility index (Phi) is 8.60. The van der Waals surface area contributed by atoms with Crippen molar-refractivity contribution in [1.82, 2.24) is 4.90 Å². The largest absolute Gasteiger partial charge is 0.512 e. The van der Waals surface area contributed by atoms with Gasteiger partial charge in [0.15, 0.2) is 5.78 Å². The second kappa shape index (κ2) is 9.34. The third-order valence-corrected chi connectivity index (χ3v) is 2.15. The molecule has 0 saturated carbocycles. The maximum absolute atomic E-state index is 10.0. The SMILES string of the molecule is CC(=O)/C=C(/C)O.CN1C=CN(c2[c-]cccc2)[CH-]1.[Ir]. The molecule has 0 atom stereocenters. The van der Waals surface area contributed by atoms with E-state index in [1.807, 2.05) is 60.2 Å². The third-order valence-electron chi connectivity index (χ3n) is 2.15. The van der Waals surface area contributed by atoms with Crippen LogP contribution in [0, 0.1) is 12.7 Å². The van der Waals surface area contributed by atoms with Crippen molar-refractivity contribution >= 4 is 11.5 Å². The van der Waals surface area contributed by atoms with Gasteiger partial charge in [-0.15, -0.1) is 5.69 Å². The molecule has 1 aromatic carbocycles. The van der Waals surface area contributed by atoms with Crippen LogP contribution in [0.15, 0.2) is 48.5 Å². The number of carbonyl (C=O) groups is 1. The molecule has 0 spiro atoms. The molecule has 1 aromatic rings. The number of anilines is 1. The molecule has 1 N–H and O–H groups in total. The normalized spacial score (nSPS) is 13.4. The van der Waals surface area contributed by atoms with Gasteiger partial charge < -0.3 is 14.9 Å². The number of para-hydroxylation sites is 1. The van der Waals surface area contributed by atoms with Crippen LogP contribution in [0.3, 0.4) is 0 Å². The molecule has 20 heavy (non-hydrogen) atoms. The molecule has 1 aliphatic rings. The van der Waals surface area contributed by atoms with Gasteiger partial charge in [0.2, 0.25) is 0 Å². The van der Waals surface area contributed by atoms with Crippen LogP contribution in [-0.4, -0.2) is 22.8 Å². The second-order valence-electron chi connectivity index (χ2n) is 4.13. The van der Waals surface area contributed by atoms with Crippen molar-refractivity contribution in [3.8, 4) is 0 Å². The van der Waals surface area contributed by atoms with Gasteiger partial charge in [-0.05, 0) is 33.3 Å². The van der Waals surface area contributed by atoms with Crippen LogP contribution < -0.4 is 4.90 Å². The van der Waals surface area contributed by atoms with Crippen molar-refractivity contribution < 1.29 is 30.0 Å². The van der Waals surface area contributed by atoms with Crippen LogP contribution in [0.5, 0.6) is 0 Å². The van der Waals surface area contributed by atoms with Crippen molar-refractivity contribution in [3.05, 3.63) is 61.2 Å². The maximum atomic E-state index is 10.0. The van der Waals surface area contributed by atoms with Gasteiger partial charge in [0, 0.05) is 26.2 Å². The van der Waals surface area contributed by atoms with E-state index < -0.39 is 0 Å². The van der Waals surface area contributed by atoms with Crippen molar-refractivity contribution in [2.45, 2.75) is 13.8 Å². The zero-order valence-electron chi connectivity index (χ0n) is 11.7. The molecule has 1 heterocycles. The zero-order chi connectivity index (χ0) is 14.3. The van der Waals surface area contributed by atoms with E-state index in [4.69, 9.17) is 5.11 Å². The summed E-state index contributed by atoms with van der Waals surface area (Å²) in [5.74, 6) is -0.0625. The van der Waals surface area contributed by atoms with Gasteiger partial charge in [-0.1, -0.05) is 0 Å². The van der Waals surface area contributed by atoms with Gasteiger partial charge in [-0.3, -0.25) is 4.79 Å². The van der Waals surface area contributed by atoms with E-state index in [0.29, 0.717) is 0 Å². The number of allylic oxidation sites excluding steroid dienone is 2. The molecule has 0 aromatic heterocycles. The predicted octanol–water partition coefficient (Wildman–Crippen LogP) is 2.86. The summed E-state index contributed by atoms with van der Waals surface area (Å²) < 4.78 is 0. The van der Waals surface area contributed by atoms with Gasteiger partial charge in [-0.25, -0.2) is 0 Å². The van der Waals surface area contributed by atoms with Gasteiger partial charge in [0.25, 0.3) is 0 Å². The van der Waals surface area contributed by atoms with Crippen LogP contribution in [-0.2, 0) is 24.9 Å². The summed E-state index contributed by atoms with van der Waals surface area (Å²) in [5.41, 5.74) is 1.07. The van der Waals surface area contributed by atoms with Crippen molar-refractivity contribution in [3.63, 3.8) is 0 Å². The molecule has 111 valence electrons. The van der Waals surface area contributed by atoms with E-state index in [2.05, 4.69) is 6.07 Å². The molecule has 1 radical (unpaired) electrons. The number of hydrogen-bond acceptors (Lipinski definition) is 4. The van der Waals surface area contributed by atoms with Gasteiger partial charge in [0.1, 0.15) is 0 Å². The molecular weight excluding hydrogens is 432 g/mol. The summed E-state index contributed by atoms with van der Waals surface area (Å²) in [7, 11) is 2.00. The minimum absolute atomic E-state index is 0. The van der Waals surface area contributed by atoms with Crippen LogP contribution in [0.2, 0.25) is 0 Å². The Morgan fingerprint density at radius 2 is 2.05 bits per heavy atom. The number of nitrogens with zero attached hydrogens (tertiary/aromatic N) is 2. The second-order valence-corrected chi connectivity index (χ2v) is 4.13. The average molecular weight is 451 g/mol. The van der Waals surface area contributed by atoms with E-state index >= 15 is 0 Å². The molecule has 0 fully saturated rings. The first kappa shape index (κ1) is 18.4.